The molecule has 0 spiro atoms. The summed E-state index contributed by atoms with van der Waals surface area (Å²) in [6, 6.07) is 10.5. The third kappa shape index (κ3) is 5.44. The van der Waals surface area contributed by atoms with Crippen molar-refractivity contribution in [1.29, 1.82) is 0 Å². The molecular formula is C16H13Cl2N3O4. The fraction of sp³-hybridized carbons (Fsp3) is 0.125. The smallest absolute Gasteiger partial charge is 0.277 e. The van der Waals surface area contributed by atoms with Crippen LogP contribution >= 0.6 is 23.2 Å². The van der Waals surface area contributed by atoms with Crippen molar-refractivity contribution in [3.05, 3.63) is 68.2 Å². The molecule has 25 heavy (non-hydrogen) atoms. The van der Waals surface area contributed by atoms with Gasteiger partial charge < -0.3 is 4.74 Å². The number of nitrogens with zero attached hydrogens (tertiary/aromatic N) is 2. The van der Waals surface area contributed by atoms with Crippen molar-refractivity contribution in [3.63, 3.8) is 0 Å². The first-order valence-corrected chi connectivity index (χ1v) is 7.78. The first kappa shape index (κ1) is 18.7. The van der Waals surface area contributed by atoms with Gasteiger partial charge in [0.15, 0.2) is 6.61 Å². The first-order valence-electron chi connectivity index (χ1n) is 7.02. The molecule has 0 atom stereocenters. The van der Waals surface area contributed by atoms with Crippen molar-refractivity contribution in [1.82, 2.24) is 5.43 Å². The maximum absolute atomic E-state index is 11.8. The van der Waals surface area contributed by atoms with Gasteiger partial charge >= 0.3 is 0 Å². The molecule has 130 valence electrons. The van der Waals surface area contributed by atoms with Gasteiger partial charge in [-0.2, -0.15) is 5.10 Å². The molecular weight excluding hydrogens is 369 g/mol. The standard InChI is InChI=1S/C16H13Cl2N3O4/c1-10(11-2-5-13(6-3-11)21(23)24)19-20-16(22)9-25-15-7-4-12(17)8-14(15)18/h2-8H,9H2,1H3,(H,20,22)/b19-10-. The Balaban J connectivity index is 1.91. The van der Waals surface area contributed by atoms with Gasteiger partial charge in [0, 0.05) is 17.2 Å². The Morgan fingerprint density at radius 3 is 2.52 bits per heavy atom. The molecule has 0 aliphatic rings. The van der Waals surface area contributed by atoms with Crippen LogP contribution in [-0.4, -0.2) is 23.1 Å². The second-order valence-electron chi connectivity index (χ2n) is 4.90. The number of halogens is 2. The van der Waals surface area contributed by atoms with Crippen LogP contribution < -0.4 is 10.2 Å². The van der Waals surface area contributed by atoms with E-state index < -0.39 is 10.8 Å². The van der Waals surface area contributed by atoms with E-state index in [2.05, 4.69) is 10.5 Å². The molecule has 0 heterocycles. The van der Waals surface area contributed by atoms with Crippen molar-refractivity contribution in [2.24, 2.45) is 5.10 Å². The van der Waals surface area contributed by atoms with Crippen LogP contribution in [0.1, 0.15) is 12.5 Å². The van der Waals surface area contributed by atoms with Crippen LogP contribution in [0.4, 0.5) is 5.69 Å². The first-order chi connectivity index (χ1) is 11.9. The van der Waals surface area contributed by atoms with E-state index in [0.717, 1.165) is 0 Å². The van der Waals surface area contributed by atoms with Gasteiger partial charge in [-0.15, -0.1) is 0 Å². The molecule has 0 saturated heterocycles. The van der Waals surface area contributed by atoms with Gasteiger partial charge in [-0.1, -0.05) is 23.2 Å². The molecule has 1 N–H and O–H groups in total. The van der Waals surface area contributed by atoms with Crippen LogP contribution in [-0.2, 0) is 4.79 Å². The largest absolute Gasteiger partial charge is 0.482 e. The number of hydrazone groups is 1. The third-order valence-corrected chi connectivity index (χ3v) is 3.63. The SMILES string of the molecule is C/C(=N/NC(=O)COc1ccc(Cl)cc1Cl)c1ccc([N+](=O)[O-])cc1. The van der Waals surface area contributed by atoms with Crippen molar-refractivity contribution in [2.45, 2.75) is 6.92 Å². The van der Waals surface area contributed by atoms with Gasteiger partial charge in [0.05, 0.1) is 15.7 Å². The lowest BCUT2D eigenvalue weighted by atomic mass is 10.1. The van der Waals surface area contributed by atoms with E-state index in [1.54, 1.807) is 31.2 Å². The highest BCUT2D eigenvalue weighted by Crippen LogP contribution is 2.27. The summed E-state index contributed by atoms with van der Waals surface area (Å²) >= 11 is 11.7. The number of hydrogen-bond acceptors (Lipinski definition) is 5. The molecule has 0 radical (unpaired) electrons. The third-order valence-electron chi connectivity index (χ3n) is 3.10. The number of carbonyl (C=O) groups excluding carboxylic acids is 1. The number of nitrogens with one attached hydrogen (secondary N) is 1. The molecule has 2 rings (SSSR count). The second kappa shape index (κ2) is 8.46. The Morgan fingerprint density at radius 1 is 1.24 bits per heavy atom. The number of amides is 1. The molecule has 0 unspecified atom stereocenters. The zero-order chi connectivity index (χ0) is 18.4. The van der Waals surface area contributed by atoms with Crippen molar-refractivity contribution < 1.29 is 14.5 Å². The molecule has 0 aliphatic heterocycles. The minimum absolute atomic E-state index is 0.0196. The van der Waals surface area contributed by atoms with E-state index in [-0.39, 0.29) is 12.3 Å². The minimum Gasteiger partial charge on any atom is -0.482 e. The van der Waals surface area contributed by atoms with E-state index in [9.17, 15) is 14.9 Å². The fourth-order valence-electron chi connectivity index (χ4n) is 1.80. The van der Waals surface area contributed by atoms with Crippen molar-refractivity contribution in [2.75, 3.05) is 6.61 Å². The summed E-state index contributed by atoms with van der Waals surface area (Å²) in [4.78, 5) is 21.9. The number of carbonyl (C=O) groups is 1. The normalized spacial score (nSPS) is 11.1. The van der Waals surface area contributed by atoms with Gasteiger partial charge in [-0.05, 0) is 42.8 Å². The lowest BCUT2D eigenvalue weighted by molar-refractivity contribution is -0.384. The number of rotatable bonds is 6. The number of non-ortho nitro benzene ring substituents is 1. The summed E-state index contributed by atoms with van der Waals surface area (Å²) in [5.41, 5.74) is 3.46. The molecule has 1 amide bonds. The Kier molecular flexibility index (Phi) is 6.32. The van der Waals surface area contributed by atoms with Crippen LogP contribution in [0.25, 0.3) is 0 Å². The second-order valence-corrected chi connectivity index (χ2v) is 5.74. The van der Waals surface area contributed by atoms with Crippen LogP contribution in [0.2, 0.25) is 10.0 Å². The number of nitro benzene ring substituents is 1. The highest BCUT2D eigenvalue weighted by atomic mass is 35.5. The monoisotopic (exact) mass is 381 g/mol. The van der Waals surface area contributed by atoms with E-state index in [0.29, 0.717) is 27.1 Å². The molecule has 9 heteroatoms. The summed E-state index contributed by atoms with van der Waals surface area (Å²) in [6.45, 7) is 1.39. The lowest BCUT2D eigenvalue weighted by Gasteiger charge is -2.07. The van der Waals surface area contributed by atoms with Crippen molar-refractivity contribution in [3.8, 4) is 5.75 Å². The Hall–Kier alpha value is -2.64. The average molecular weight is 382 g/mol. The fourth-order valence-corrected chi connectivity index (χ4v) is 2.27. The van der Waals surface area contributed by atoms with Gasteiger partial charge in [0.2, 0.25) is 0 Å². The van der Waals surface area contributed by atoms with Crippen LogP contribution in [0, 0.1) is 10.1 Å². The molecule has 0 bridgehead atoms. The van der Waals surface area contributed by atoms with Crippen LogP contribution in [0.3, 0.4) is 0 Å². The van der Waals surface area contributed by atoms with Crippen LogP contribution in [0.5, 0.6) is 5.75 Å². The van der Waals surface area contributed by atoms with E-state index in [1.165, 1.54) is 18.2 Å². The maximum atomic E-state index is 11.8. The molecule has 7 nitrogen and oxygen atoms in total. The number of nitro groups is 1. The topological polar surface area (TPSA) is 93.8 Å². The minimum atomic E-state index is -0.489. The molecule has 0 aromatic heterocycles. The lowest BCUT2D eigenvalue weighted by Crippen LogP contribution is -2.25. The predicted octanol–water partition coefficient (Wildman–Crippen LogP) is 3.82. The summed E-state index contributed by atoms with van der Waals surface area (Å²) in [7, 11) is 0. The zero-order valence-corrected chi connectivity index (χ0v) is 14.5. The number of ether oxygens (including phenoxy) is 1. The summed E-state index contributed by atoms with van der Waals surface area (Å²) in [5.74, 6) is -0.149. The molecule has 0 saturated carbocycles. The highest BCUT2D eigenvalue weighted by molar-refractivity contribution is 6.35. The maximum Gasteiger partial charge on any atom is 0.277 e. The average Bonchev–Trinajstić information content (AvgIpc) is 2.59. The number of hydrogen-bond donors (Lipinski definition) is 1. The Morgan fingerprint density at radius 2 is 1.92 bits per heavy atom. The molecule has 0 fully saturated rings. The summed E-state index contributed by atoms with van der Waals surface area (Å²) in [5, 5.41) is 15.3. The van der Waals surface area contributed by atoms with Gasteiger partial charge in [0.25, 0.3) is 11.6 Å². The molecule has 2 aromatic rings. The van der Waals surface area contributed by atoms with E-state index in [4.69, 9.17) is 27.9 Å². The van der Waals surface area contributed by atoms with Crippen LogP contribution in [0.15, 0.2) is 47.6 Å². The van der Waals surface area contributed by atoms with Gasteiger partial charge in [-0.3, -0.25) is 14.9 Å². The van der Waals surface area contributed by atoms with Crippen molar-refractivity contribution >= 4 is 40.5 Å². The van der Waals surface area contributed by atoms with Gasteiger partial charge in [-0.25, -0.2) is 5.43 Å². The predicted molar refractivity (Wildman–Crippen MR) is 95.4 cm³/mol. The highest BCUT2D eigenvalue weighted by Gasteiger charge is 2.08. The summed E-state index contributed by atoms with van der Waals surface area (Å²) in [6.07, 6.45) is 0. The Bertz CT molecular complexity index is 823. The summed E-state index contributed by atoms with van der Waals surface area (Å²) < 4.78 is 5.29. The Labute approximate surface area is 153 Å². The zero-order valence-electron chi connectivity index (χ0n) is 13.0. The molecule has 2 aromatic carbocycles. The molecule has 0 aliphatic carbocycles. The van der Waals surface area contributed by atoms with Gasteiger partial charge in [0.1, 0.15) is 5.75 Å². The number of benzene rings is 2. The van der Waals surface area contributed by atoms with E-state index in [1.807, 2.05) is 0 Å². The quantitative estimate of drug-likeness (QED) is 0.467. The van der Waals surface area contributed by atoms with E-state index >= 15 is 0 Å².